The van der Waals surface area contributed by atoms with Gasteiger partial charge in [-0.25, -0.2) is 0 Å². The molecule has 8 heteroatoms. The molecule has 37 heavy (non-hydrogen) atoms. The summed E-state index contributed by atoms with van der Waals surface area (Å²) in [6.45, 7) is 21.7. The van der Waals surface area contributed by atoms with Crippen LogP contribution in [0.1, 0.15) is 74.1 Å². The van der Waals surface area contributed by atoms with Crippen LogP contribution in [0.25, 0.3) is 0 Å². The molecule has 208 valence electrons. The van der Waals surface area contributed by atoms with Gasteiger partial charge in [0.1, 0.15) is 24.2 Å². The third kappa shape index (κ3) is 4.87. The zero-order valence-electron chi connectivity index (χ0n) is 23.7. The smallest absolute Gasteiger partial charge is 0.313 e. The Balaban J connectivity index is 2.14. The molecule has 0 aromatic carbocycles. The number of likely N-dealkylation sites (tertiary alicyclic amines) is 1. The number of hydrogen-bond donors (Lipinski definition) is 1. The maximum absolute atomic E-state index is 14.6. The number of carbonyl (C=O) groups excluding carboxylic acids is 3. The van der Waals surface area contributed by atoms with Gasteiger partial charge in [-0.3, -0.25) is 14.4 Å². The van der Waals surface area contributed by atoms with Crippen molar-refractivity contribution in [1.29, 1.82) is 0 Å². The molecule has 0 saturated carbocycles. The van der Waals surface area contributed by atoms with Crippen molar-refractivity contribution >= 4 is 17.8 Å². The predicted molar refractivity (Wildman–Crippen MR) is 141 cm³/mol. The lowest BCUT2D eigenvalue weighted by atomic mass is 9.66. The first-order valence-electron chi connectivity index (χ1n) is 13.5. The number of carbonyl (C=O) groups is 3. The summed E-state index contributed by atoms with van der Waals surface area (Å²) in [4.78, 5) is 45.3. The number of aliphatic hydroxyl groups is 1. The predicted octanol–water partition coefficient (Wildman–Crippen LogP) is 3.48. The lowest BCUT2D eigenvalue weighted by molar-refractivity contribution is -0.163. The highest BCUT2D eigenvalue weighted by Gasteiger charge is 2.79. The van der Waals surface area contributed by atoms with Crippen LogP contribution in [0, 0.1) is 17.3 Å². The van der Waals surface area contributed by atoms with Gasteiger partial charge < -0.3 is 24.4 Å². The number of rotatable bonds is 11. The summed E-state index contributed by atoms with van der Waals surface area (Å²) in [5.74, 6) is -2.75. The van der Waals surface area contributed by atoms with Crippen LogP contribution in [-0.4, -0.2) is 81.3 Å². The first-order chi connectivity index (χ1) is 17.1. The van der Waals surface area contributed by atoms with Crippen LogP contribution in [0.2, 0.25) is 0 Å². The average molecular weight is 519 g/mol. The Morgan fingerprint density at radius 3 is 2.41 bits per heavy atom. The highest BCUT2D eigenvalue weighted by atomic mass is 16.6. The van der Waals surface area contributed by atoms with Crippen LogP contribution in [0.4, 0.5) is 0 Å². The van der Waals surface area contributed by atoms with E-state index in [2.05, 4.69) is 33.9 Å². The molecule has 3 heterocycles. The second-order valence-electron chi connectivity index (χ2n) is 12.9. The normalized spacial score (nSPS) is 31.7. The van der Waals surface area contributed by atoms with Gasteiger partial charge in [-0.15, -0.1) is 6.58 Å². The Hall–Kier alpha value is -2.19. The Morgan fingerprint density at radius 2 is 1.89 bits per heavy atom. The van der Waals surface area contributed by atoms with Gasteiger partial charge in [0, 0.05) is 12.1 Å². The van der Waals surface area contributed by atoms with Gasteiger partial charge in [0.05, 0.1) is 24.2 Å². The van der Waals surface area contributed by atoms with E-state index >= 15 is 0 Å². The largest absolute Gasteiger partial charge is 0.461 e. The van der Waals surface area contributed by atoms with E-state index in [4.69, 9.17) is 9.47 Å². The number of hydrogen-bond acceptors (Lipinski definition) is 6. The van der Waals surface area contributed by atoms with E-state index in [1.165, 1.54) is 11.0 Å². The minimum Gasteiger partial charge on any atom is -0.461 e. The topological polar surface area (TPSA) is 96.4 Å². The fourth-order valence-corrected chi connectivity index (χ4v) is 7.34. The molecular formula is C29H46N2O6. The fourth-order valence-electron chi connectivity index (χ4n) is 7.34. The summed E-state index contributed by atoms with van der Waals surface area (Å²) in [7, 11) is 0. The Labute approximate surface area is 222 Å². The molecule has 2 bridgehead atoms. The highest BCUT2D eigenvalue weighted by molar-refractivity contribution is 5.99. The summed E-state index contributed by atoms with van der Waals surface area (Å²) in [6.07, 6.45) is 5.38. The van der Waals surface area contributed by atoms with Crippen molar-refractivity contribution in [3.63, 3.8) is 0 Å². The molecule has 0 aromatic heterocycles. The van der Waals surface area contributed by atoms with E-state index in [1.54, 1.807) is 11.0 Å². The standard InChI is InChI=1S/C29H46N2O6/c1-10-15-30(27(7,8)18-26(4,5)6)24(34)22-29-14-13-28(9,37-29)21(25(35)36-16-11-2)20(29)23(33)31(22)19(12-3)17-32/h10-11,19-22,32H,1-2,12-18H2,3-9H3/t19-,20-,21-,22?,28+,29?/m0/s1. The van der Waals surface area contributed by atoms with Gasteiger partial charge in [0.25, 0.3) is 0 Å². The molecule has 3 aliphatic rings. The monoisotopic (exact) mass is 518 g/mol. The molecule has 3 saturated heterocycles. The van der Waals surface area contributed by atoms with E-state index in [1.807, 2.05) is 27.7 Å². The van der Waals surface area contributed by atoms with Crippen molar-refractivity contribution < 1.29 is 29.0 Å². The van der Waals surface area contributed by atoms with Gasteiger partial charge in [-0.1, -0.05) is 46.4 Å². The maximum atomic E-state index is 14.6. The number of esters is 1. The number of aliphatic hydroxyl groups excluding tert-OH is 1. The molecule has 6 atom stereocenters. The molecule has 0 aromatic rings. The van der Waals surface area contributed by atoms with Crippen LogP contribution in [0.15, 0.2) is 25.3 Å². The van der Waals surface area contributed by atoms with Gasteiger partial charge in [-0.2, -0.15) is 0 Å². The number of amides is 2. The van der Waals surface area contributed by atoms with Crippen LogP contribution in [-0.2, 0) is 23.9 Å². The van der Waals surface area contributed by atoms with E-state index < -0.39 is 46.6 Å². The zero-order valence-corrected chi connectivity index (χ0v) is 23.7. The van der Waals surface area contributed by atoms with Crippen LogP contribution in [0.3, 0.4) is 0 Å². The molecule has 2 amide bonds. The van der Waals surface area contributed by atoms with Crippen molar-refractivity contribution in [2.45, 2.75) is 103 Å². The lowest BCUT2D eigenvalue weighted by Crippen LogP contribution is -2.62. The molecule has 3 aliphatic heterocycles. The van der Waals surface area contributed by atoms with Crippen molar-refractivity contribution in [3.8, 4) is 0 Å². The van der Waals surface area contributed by atoms with E-state index in [0.29, 0.717) is 25.8 Å². The molecule has 2 unspecified atom stereocenters. The summed E-state index contributed by atoms with van der Waals surface area (Å²) < 4.78 is 12.1. The Kier molecular flexibility index (Phi) is 8.08. The first-order valence-corrected chi connectivity index (χ1v) is 13.5. The average Bonchev–Trinajstić information content (AvgIpc) is 3.36. The summed E-state index contributed by atoms with van der Waals surface area (Å²) >= 11 is 0. The first kappa shape index (κ1) is 29.4. The molecule has 1 N–H and O–H groups in total. The molecule has 3 fully saturated rings. The lowest BCUT2D eigenvalue weighted by Gasteiger charge is -2.46. The van der Waals surface area contributed by atoms with Gasteiger partial charge in [0.15, 0.2) is 0 Å². The minimum atomic E-state index is -1.17. The van der Waals surface area contributed by atoms with E-state index in [9.17, 15) is 19.5 Å². The Bertz CT molecular complexity index is 935. The number of fused-ring (bicyclic) bond motifs is 1. The van der Waals surface area contributed by atoms with Gasteiger partial charge in [-0.05, 0) is 51.9 Å². The van der Waals surface area contributed by atoms with Crippen molar-refractivity contribution in [1.82, 2.24) is 9.80 Å². The van der Waals surface area contributed by atoms with Crippen molar-refractivity contribution in [3.05, 3.63) is 25.3 Å². The summed E-state index contributed by atoms with van der Waals surface area (Å²) in [5.41, 5.74) is -2.67. The number of nitrogens with zero attached hydrogens (tertiary/aromatic N) is 2. The molecule has 8 nitrogen and oxygen atoms in total. The maximum Gasteiger partial charge on any atom is 0.313 e. The zero-order chi connectivity index (χ0) is 28.0. The summed E-state index contributed by atoms with van der Waals surface area (Å²) in [5, 5.41) is 10.3. The summed E-state index contributed by atoms with van der Waals surface area (Å²) in [6, 6.07) is -1.53. The molecular weight excluding hydrogens is 472 g/mol. The third-order valence-corrected chi connectivity index (χ3v) is 8.39. The minimum absolute atomic E-state index is 0.0354. The SMILES string of the molecule is C=CCOC(=O)[C@@H]1[C@H]2C(=O)N([C@@H](CC)CO)C(C(=O)N(CC=C)C(C)(C)CC(C)(C)C)C23CC[C@@]1(C)O3. The van der Waals surface area contributed by atoms with Gasteiger partial charge in [0.2, 0.25) is 11.8 Å². The number of ether oxygens (including phenoxy) is 2. The second-order valence-corrected chi connectivity index (χ2v) is 12.9. The fraction of sp³-hybridized carbons (Fsp3) is 0.759. The molecule has 3 rings (SSSR count). The molecule has 1 spiro atoms. The van der Waals surface area contributed by atoms with Crippen molar-refractivity contribution in [2.24, 2.45) is 17.3 Å². The Morgan fingerprint density at radius 1 is 1.24 bits per heavy atom. The highest BCUT2D eigenvalue weighted by Crippen LogP contribution is 2.64. The third-order valence-electron chi connectivity index (χ3n) is 8.39. The van der Waals surface area contributed by atoms with E-state index in [0.717, 1.165) is 6.42 Å². The van der Waals surface area contributed by atoms with E-state index in [-0.39, 0.29) is 30.4 Å². The van der Waals surface area contributed by atoms with Gasteiger partial charge >= 0.3 is 5.97 Å². The molecule has 0 radical (unpaired) electrons. The van der Waals surface area contributed by atoms with Crippen LogP contribution in [0.5, 0.6) is 0 Å². The van der Waals surface area contributed by atoms with Crippen LogP contribution >= 0.6 is 0 Å². The quantitative estimate of drug-likeness (QED) is 0.332. The second kappa shape index (κ2) is 10.2. The van der Waals surface area contributed by atoms with Crippen molar-refractivity contribution in [2.75, 3.05) is 19.8 Å². The van der Waals surface area contributed by atoms with Crippen LogP contribution < -0.4 is 0 Å². The molecule has 0 aliphatic carbocycles.